The molecule has 2 aromatic rings. The van der Waals surface area contributed by atoms with Crippen molar-refractivity contribution in [1.82, 2.24) is 0 Å². The third kappa shape index (κ3) is 2.81. The van der Waals surface area contributed by atoms with Crippen LogP contribution in [0.5, 0.6) is 0 Å². The number of halogens is 1. The molecule has 0 radical (unpaired) electrons. The molecule has 19 heavy (non-hydrogen) atoms. The van der Waals surface area contributed by atoms with Gasteiger partial charge in [0, 0.05) is 12.6 Å². The largest absolute Gasteiger partial charge is 0.281 e. The van der Waals surface area contributed by atoms with Crippen molar-refractivity contribution in [2.75, 3.05) is 4.90 Å². The highest BCUT2D eigenvalue weighted by molar-refractivity contribution is 5.99. The monoisotopic (exact) mass is 257 g/mol. The second-order valence-electron chi connectivity index (χ2n) is 4.62. The molecule has 2 nitrogen and oxygen atoms in total. The van der Waals surface area contributed by atoms with Crippen LogP contribution in [-0.2, 0) is 4.79 Å². The fourth-order valence-electron chi connectivity index (χ4n) is 2.04. The molecule has 0 aliphatic carbocycles. The molecule has 2 aromatic carbocycles. The Labute approximate surface area is 112 Å². The van der Waals surface area contributed by atoms with E-state index < -0.39 is 0 Å². The third-order valence-corrected chi connectivity index (χ3v) is 3.01. The first-order valence-electron chi connectivity index (χ1n) is 6.12. The highest BCUT2D eigenvalue weighted by Crippen LogP contribution is 2.29. The smallest absolute Gasteiger partial charge is 0.228 e. The van der Waals surface area contributed by atoms with Crippen LogP contribution in [0.15, 0.2) is 42.5 Å². The van der Waals surface area contributed by atoms with Crippen LogP contribution in [0.1, 0.15) is 18.1 Å². The molecule has 0 fully saturated rings. The Balaban J connectivity index is 2.54. The Morgan fingerprint density at radius 1 is 1.05 bits per heavy atom. The number of carbonyl (C=O) groups excluding carboxylic acids is 1. The van der Waals surface area contributed by atoms with Crippen molar-refractivity contribution in [2.45, 2.75) is 20.8 Å². The molecule has 0 N–H and O–H groups in total. The van der Waals surface area contributed by atoms with E-state index in [4.69, 9.17) is 0 Å². The SMILES string of the molecule is CC(=O)N(c1ccc(F)cc1)c1cc(C)ccc1C. The maximum Gasteiger partial charge on any atom is 0.228 e. The quantitative estimate of drug-likeness (QED) is 0.792. The van der Waals surface area contributed by atoms with Crippen LogP contribution in [0.25, 0.3) is 0 Å². The van der Waals surface area contributed by atoms with Crippen molar-refractivity contribution in [3.63, 3.8) is 0 Å². The Hall–Kier alpha value is -2.16. The van der Waals surface area contributed by atoms with Gasteiger partial charge in [-0.1, -0.05) is 12.1 Å². The van der Waals surface area contributed by atoms with Gasteiger partial charge in [0.15, 0.2) is 0 Å². The molecule has 1 amide bonds. The van der Waals surface area contributed by atoms with Gasteiger partial charge in [-0.25, -0.2) is 4.39 Å². The highest BCUT2D eigenvalue weighted by Gasteiger charge is 2.16. The van der Waals surface area contributed by atoms with Crippen molar-refractivity contribution in [3.05, 3.63) is 59.4 Å². The number of carbonyl (C=O) groups is 1. The molecule has 0 aliphatic heterocycles. The summed E-state index contributed by atoms with van der Waals surface area (Å²) in [6, 6.07) is 11.9. The van der Waals surface area contributed by atoms with Crippen LogP contribution in [0.4, 0.5) is 15.8 Å². The molecule has 0 atom stereocenters. The van der Waals surface area contributed by atoms with Crippen LogP contribution in [0.3, 0.4) is 0 Å². The Morgan fingerprint density at radius 3 is 2.26 bits per heavy atom. The number of aryl methyl sites for hydroxylation is 2. The maximum absolute atomic E-state index is 13.0. The Morgan fingerprint density at radius 2 is 1.68 bits per heavy atom. The molecule has 0 bridgehead atoms. The lowest BCUT2D eigenvalue weighted by atomic mass is 10.1. The summed E-state index contributed by atoms with van der Waals surface area (Å²) in [4.78, 5) is 13.5. The van der Waals surface area contributed by atoms with Crippen molar-refractivity contribution >= 4 is 17.3 Å². The van der Waals surface area contributed by atoms with Gasteiger partial charge in [0.25, 0.3) is 0 Å². The maximum atomic E-state index is 13.0. The molecule has 3 heteroatoms. The number of hydrogen-bond donors (Lipinski definition) is 0. The first kappa shape index (κ1) is 13.3. The van der Waals surface area contributed by atoms with Gasteiger partial charge >= 0.3 is 0 Å². The zero-order valence-corrected chi connectivity index (χ0v) is 11.3. The first-order chi connectivity index (χ1) is 8.99. The van der Waals surface area contributed by atoms with Gasteiger partial charge in [-0.3, -0.25) is 9.69 Å². The molecule has 0 aliphatic rings. The predicted molar refractivity (Wildman–Crippen MR) is 75.1 cm³/mol. The Kier molecular flexibility index (Phi) is 3.65. The van der Waals surface area contributed by atoms with Crippen molar-refractivity contribution in [2.24, 2.45) is 0 Å². The van der Waals surface area contributed by atoms with E-state index in [0.29, 0.717) is 5.69 Å². The van der Waals surface area contributed by atoms with Crippen LogP contribution in [0.2, 0.25) is 0 Å². The van der Waals surface area contributed by atoms with Gasteiger partial charge in [-0.2, -0.15) is 0 Å². The standard InChI is InChI=1S/C16H16FNO/c1-11-4-5-12(2)16(10-11)18(13(3)19)15-8-6-14(17)7-9-15/h4-10H,1-3H3. The number of nitrogens with zero attached hydrogens (tertiary/aromatic N) is 1. The molecule has 0 spiro atoms. The van der Waals surface area contributed by atoms with Crippen LogP contribution in [-0.4, -0.2) is 5.91 Å². The summed E-state index contributed by atoms with van der Waals surface area (Å²) in [5, 5.41) is 0. The van der Waals surface area contributed by atoms with Crippen molar-refractivity contribution < 1.29 is 9.18 Å². The summed E-state index contributed by atoms with van der Waals surface area (Å²) >= 11 is 0. The normalized spacial score (nSPS) is 10.3. The van der Waals surface area contributed by atoms with Gasteiger partial charge in [0.1, 0.15) is 5.82 Å². The summed E-state index contributed by atoms with van der Waals surface area (Å²) in [7, 11) is 0. The lowest BCUT2D eigenvalue weighted by molar-refractivity contribution is -0.115. The molecular formula is C16H16FNO. The molecule has 0 saturated heterocycles. The fourth-order valence-corrected chi connectivity index (χ4v) is 2.04. The molecule has 0 aromatic heterocycles. The van der Waals surface area contributed by atoms with Crippen molar-refractivity contribution in [1.29, 1.82) is 0 Å². The van der Waals surface area contributed by atoms with Crippen LogP contribution < -0.4 is 4.90 Å². The second kappa shape index (κ2) is 5.22. The fraction of sp³-hybridized carbons (Fsp3) is 0.188. The Bertz CT molecular complexity index is 605. The highest BCUT2D eigenvalue weighted by atomic mass is 19.1. The minimum absolute atomic E-state index is 0.0969. The molecule has 2 rings (SSSR count). The van der Waals surface area contributed by atoms with Crippen molar-refractivity contribution in [3.8, 4) is 0 Å². The van der Waals surface area contributed by atoms with Gasteiger partial charge in [-0.15, -0.1) is 0 Å². The van der Waals surface area contributed by atoms with E-state index in [9.17, 15) is 9.18 Å². The van der Waals surface area contributed by atoms with Crippen LogP contribution in [0, 0.1) is 19.7 Å². The lowest BCUT2D eigenvalue weighted by Gasteiger charge is -2.23. The lowest BCUT2D eigenvalue weighted by Crippen LogP contribution is -2.23. The molecule has 0 heterocycles. The van der Waals surface area contributed by atoms with Gasteiger partial charge < -0.3 is 0 Å². The third-order valence-electron chi connectivity index (χ3n) is 3.01. The summed E-state index contributed by atoms with van der Waals surface area (Å²) in [6.45, 7) is 5.44. The van der Waals surface area contributed by atoms with Gasteiger partial charge in [0.05, 0.1) is 5.69 Å². The van der Waals surface area contributed by atoms with Crippen LogP contribution >= 0.6 is 0 Å². The number of hydrogen-bond acceptors (Lipinski definition) is 1. The minimum Gasteiger partial charge on any atom is -0.281 e. The molecule has 0 unspecified atom stereocenters. The number of benzene rings is 2. The molecular weight excluding hydrogens is 241 g/mol. The average molecular weight is 257 g/mol. The number of rotatable bonds is 2. The summed E-state index contributed by atoms with van der Waals surface area (Å²) in [6.07, 6.45) is 0. The zero-order valence-electron chi connectivity index (χ0n) is 11.3. The van der Waals surface area contributed by atoms with E-state index in [2.05, 4.69) is 0 Å². The van der Waals surface area contributed by atoms with E-state index in [1.165, 1.54) is 19.1 Å². The van der Waals surface area contributed by atoms with E-state index in [1.54, 1.807) is 17.0 Å². The summed E-state index contributed by atoms with van der Waals surface area (Å²) < 4.78 is 13.0. The van der Waals surface area contributed by atoms with E-state index in [-0.39, 0.29) is 11.7 Å². The number of anilines is 2. The summed E-state index contributed by atoms with van der Waals surface area (Å²) in [5.41, 5.74) is 3.58. The topological polar surface area (TPSA) is 20.3 Å². The molecule has 98 valence electrons. The predicted octanol–water partition coefficient (Wildman–Crippen LogP) is 4.13. The summed E-state index contributed by atoms with van der Waals surface area (Å²) in [5.74, 6) is -0.409. The molecule has 0 saturated carbocycles. The minimum atomic E-state index is -0.312. The zero-order chi connectivity index (χ0) is 14.0. The average Bonchev–Trinajstić information content (AvgIpc) is 2.36. The number of amides is 1. The van der Waals surface area contributed by atoms with Gasteiger partial charge in [-0.05, 0) is 55.3 Å². The van der Waals surface area contributed by atoms with Gasteiger partial charge in [0.2, 0.25) is 5.91 Å². The van der Waals surface area contributed by atoms with E-state index in [1.807, 2.05) is 32.0 Å². The van der Waals surface area contributed by atoms with E-state index >= 15 is 0 Å². The second-order valence-corrected chi connectivity index (χ2v) is 4.62. The first-order valence-corrected chi connectivity index (χ1v) is 6.12. The van der Waals surface area contributed by atoms with E-state index in [0.717, 1.165) is 16.8 Å².